The Morgan fingerprint density at radius 3 is 2.73 bits per heavy atom. The summed E-state index contributed by atoms with van der Waals surface area (Å²) in [6.07, 6.45) is 2.72. The van der Waals surface area contributed by atoms with Crippen LogP contribution in [-0.2, 0) is 32.7 Å². The standard InChI is InChI=1S/C6H9N4.Y/c1-4-3-9-6(7)10-5(4)8-2;/h1-2H3,(H3,7,8,9,10);/q-1;. The van der Waals surface area contributed by atoms with Crippen molar-refractivity contribution in [1.29, 1.82) is 0 Å². The number of anilines is 1. The first kappa shape index (κ1) is 10.8. The molecule has 0 aliphatic carbocycles. The molecule has 0 aliphatic heterocycles. The number of hydrogen-bond donors (Lipinski definition) is 2. The third-order valence-corrected chi connectivity index (χ3v) is 1.17. The molecule has 4 nitrogen and oxygen atoms in total. The first-order valence-electron chi connectivity index (χ1n) is 2.91. The average molecular weight is 226 g/mol. The minimum Gasteiger partial charge on any atom is -0.421 e. The van der Waals surface area contributed by atoms with E-state index < -0.39 is 0 Å². The van der Waals surface area contributed by atoms with Crippen molar-refractivity contribution in [2.24, 2.45) is 4.99 Å². The van der Waals surface area contributed by atoms with E-state index in [9.17, 15) is 0 Å². The first-order valence-corrected chi connectivity index (χ1v) is 2.91. The topological polar surface area (TPSA) is 67.1 Å². The predicted molar refractivity (Wildman–Crippen MR) is 38.1 cm³/mol. The SMILES string of the molecule is CN=c1[nH]c(N)n[c-]c1C.[Y]. The Hall–Kier alpha value is -0.216. The predicted octanol–water partition coefficient (Wildman–Crippen LogP) is -0.371. The van der Waals surface area contributed by atoms with Crippen molar-refractivity contribution < 1.29 is 32.7 Å². The van der Waals surface area contributed by atoms with Gasteiger partial charge in [0.15, 0.2) is 0 Å². The summed E-state index contributed by atoms with van der Waals surface area (Å²) in [6, 6.07) is 0. The van der Waals surface area contributed by atoms with Crippen LogP contribution in [0.3, 0.4) is 0 Å². The summed E-state index contributed by atoms with van der Waals surface area (Å²) >= 11 is 0. The molecular formula is C6H9N4Y-. The number of aromatic amines is 1. The third-order valence-electron chi connectivity index (χ3n) is 1.17. The maximum Gasteiger partial charge on any atom is 0.0843 e. The van der Waals surface area contributed by atoms with E-state index in [1.807, 2.05) is 6.92 Å². The Morgan fingerprint density at radius 2 is 2.27 bits per heavy atom. The van der Waals surface area contributed by atoms with Crippen LogP contribution in [0.4, 0.5) is 5.95 Å². The molecule has 1 rings (SSSR count). The Morgan fingerprint density at radius 1 is 1.64 bits per heavy atom. The summed E-state index contributed by atoms with van der Waals surface area (Å²) in [4.78, 5) is 10.4. The van der Waals surface area contributed by atoms with Crippen LogP contribution in [0.15, 0.2) is 4.99 Å². The second-order valence-corrected chi connectivity index (χ2v) is 1.93. The fourth-order valence-electron chi connectivity index (χ4n) is 0.664. The van der Waals surface area contributed by atoms with Gasteiger partial charge in [-0.2, -0.15) is 0 Å². The quantitative estimate of drug-likeness (QED) is 0.592. The molecule has 57 valence electrons. The first-order chi connectivity index (χ1) is 4.74. The van der Waals surface area contributed by atoms with Crippen LogP contribution in [0.2, 0.25) is 0 Å². The molecule has 0 aromatic carbocycles. The summed E-state index contributed by atoms with van der Waals surface area (Å²) in [5, 5.41) is 0. The minimum absolute atomic E-state index is 0. The molecule has 0 unspecified atom stereocenters. The van der Waals surface area contributed by atoms with Crippen LogP contribution in [0.25, 0.3) is 0 Å². The van der Waals surface area contributed by atoms with E-state index in [0.29, 0.717) is 5.95 Å². The van der Waals surface area contributed by atoms with Gasteiger partial charge in [0.2, 0.25) is 0 Å². The second kappa shape index (κ2) is 4.62. The molecule has 3 N–H and O–H groups in total. The normalized spacial score (nSPS) is 10.9. The maximum atomic E-state index is 5.35. The molecule has 0 fully saturated rings. The summed E-state index contributed by atoms with van der Waals surface area (Å²) in [6.45, 7) is 1.87. The van der Waals surface area contributed by atoms with Crippen molar-refractivity contribution in [3.8, 4) is 0 Å². The van der Waals surface area contributed by atoms with E-state index >= 15 is 0 Å². The van der Waals surface area contributed by atoms with Gasteiger partial charge < -0.3 is 20.7 Å². The smallest absolute Gasteiger partial charge is 0.0843 e. The number of rotatable bonds is 0. The summed E-state index contributed by atoms with van der Waals surface area (Å²) in [5.41, 5.74) is 6.95. The van der Waals surface area contributed by atoms with Crippen LogP contribution in [0, 0.1) is 13.1 Å². The molecule has 1 aromatic heterocycles. The van der Waals surface area contributed by atoms with Crippen LogP contribution >= 0.6 is 0 Å². The zero-order valence-corrected chi connectivity index (χ0v) is 9.39. The summed E-state index contributed by atoms with van der Waals surface area (Å²) < 4.78 is 0. The van der Waals surface area contributed by atoms with Gasteiger partial charge in [-0.15, -0.1) is 5.56 Å². The van der Waals surface area contributed by atoms with Crippen LogP contribution in [-0.4, -0.2) is 17.0 Å². The molecule has 0 spiro atoms. The zero-order valence-electron chi connectivity index (χ0n) is 6.55. The Balaban J connectivity index is 0.000001000. The molecular weight excluding hydrogens is 217 g/mol. The number of nitrogen functional groups attached to an aromatic ring is 1. The minimum atomic E-state index is 0. The van der Waals surface area contributed by atoms with Gasteiger partial charge in [-0.05, 0) is 0 Å². The maximum absolute atomic E-state index is 5.35. The van der Waals surface area contributed by atoms with E-state index in [4.69, 9.17) is 5.73 Å². The van der Waals surface area contributed by atoms with Crippen molar-refractivity contribution in [2.75, 3.05) is 12.8 Å². The van der Waals surface area contributed by atoms with Gasteiger partial charge in [0.1, 0.15) is 0 Å². The molecule has 1 heterocycles. The molecule has 0 saturated heterocycles. The van der Waals surface area contributed by atoms with Crippen molar-refractivity contribution >= 4 is 5.95 Å². The largest absolute Gasteiger partial charge is 0.421 e. The molecule has 1 radical (unpaired) electrons. The van der Waals surface area contributed by atoms with E-state index in [-0.39, 0.29) is 32.7 Å². The van der Waals surface area contributed by atoms with E-state index in [1.165, 1.54) is 0 Å². The van der Waals surface area contributed by atoms with Gasteiger partial charge in [-0.3, -0.25) is 0 Å². The van der Waals surface area contributed by atoms with Crippen LogP contribution < -0.4 is 11.2 Å². The second-order valence-electron chi connectivity index (χ2n) is 1.93. The van der Waals surface area contributed by atoms with E-state index in [1.54, 1.807) is 7.05 Å². The number of nitrogens with zero attached hydrogens (tertiary/aromatic N) is 2. The van der Waals surface area contributed by atoms with Crippen molar-refractivity contribution in [2.45, 2.75) is 6.92 Å². The average Bonchev–Trinajstić information content (AvgIpc) is 1.94. The molecule has 0 amide bonds. The summed E-state index contributed by atoms with van der Waals surface area (Å²) in [5.74, 6) is 0.339. The van der Waals surface area contributed by atoms with E-state index in [0.717, 1.165) is 11.1 Å². The monoisotopic (exact) mass is 226 g/mol. The number of aromatic nitrogens is 2. The number of aryl methyl sites for hydroxylation is 1. The van der Waals surface area contributed by atoms with Crippen molar-refractivity contribution in [3.63, 3.8) is 0 Å². The molecule has 11 heavy (non-hydrogen) atoms. The van der Waals surface area contributed by atoms with Crippen LogP contribution in [0.5, 0.6) is 0 Å². The Bertz CT molecular complexity index is 291. The Kier molecular flexibility index (Phi) is 4.53. The van der Waals surface area contributed by atoms with E-state index in [2.05, 4.69) is 21.2 Å². The number of nitrogens with one attached hydrogen (secondary N) is 1. The fraction of sp³-hybridized carbons (Fsp3) is 0.333. The fourth-order valence-corrected chi connectivity index (χ4v) is 0.664. The molecule has 0 saturated carbocycles. The number of H-pyrrole nitrogens is 1. The summed E-state index contributed by atoms with van der Waals surface area (Å²) in [7, 11) is 1.69. The molecule has 1 aromatic rings. The van der Waals surface area contributed by atoms with Crippen molar-refractivity contribution in [3.05, 3.63) is 17.2 Å². The zero-order chi connectivity index (χ0) is 7.56. The molecule has 5 heteroatoms. The molecule has 0 aliphatic rings. The van der Waals surface area contributed by atoms with Gasteiger partial charge in [-0.25, -0.2) is 0 Å². The Labute approximate surface area is 90.2 Å². The van der Waals surface area contributed by atoms with Gasteiger partial charge in [0.25, 0.3) is 0 Å². The van der Waals surface area contributed by atoms with Crippen LogP contribution in [0.1, 0.15) is 5.56 Å². The third kappa shape index (κ3) is 2.71. The van der Waals surface area contributed by atoms with Gasteiger partial charge in [-0.1, -0.05) is 13.1 Å². The number of hydrogen-bond acceptors (Lipinski definition) is 3. The van der Waals surface area contributed by atoms with Crippen molar-refractivity contribution in [1.82, 2.24) is 9.97 Å². The van der Waals surface area contributed by atoms with Gasteiger partial charge in [0, 0.05) is 45.2 Å². The number of nitrogens with two attached hydrogens (primary N) is 1. The molecule has 0 atom stereocenters. The molecule has 0 bridgehead atoms. The van der Waals surface area contributed by atoms with Gasteiger partial charge >= 0.3 is 0 Å². The van der Waals surface area contributed by atoms with Gasteiger partial charge in [0.05, 0.1) is 5.95 Å².